The number of carbonyl (C=O) groups is 2. The van der Waals surface area contributed by atoms with E-state index in [2.05, 4.69) is 25.8 Å². The van der Waals surface area contributed by atoms with Crippen LogP contribution in [0.15, 0.2) is 30.3 Å². The number of nitrogens with one attached hydrogen (secondary N) is 3. The largest absolute Gasteiger partial charge is 0.497 e. The van der Waals surface area contributed by atoms with E-state index in [1.54, 1.807) is 44.6 Å². The summed E-state index contributed by atoms with van der Waals surface area (Å²) in [6.45, 7) is 1.83. The summed E-state index contributed by atoms with van der Waals surface area (Å²) in [4.78, 5) is 29.0. The first-order valence-corrected chi connectivity index (χ1v) is 9.11. The minimum atomic E-state index is -0.327. The van der Waals surface area contributed by atoms with Crippen LogP contribution in [0.5, 0.6) is 11.5 Å². The predicted molar refractivity (Wildman–Crippen MR) is 105 cm³/mol. The highest BCUT2D eigenvalue weighted by Crippen LogP contribution is 2.31. The van der Waals surface area contributed by atoms with Crippen molar-refractivity contribution in [2.45, 2.75) is 13.5 Å². The Morgan fingerprint density at radius 3 is 2.71 bits per heavy atom. The predicted octanol–water partition coefficient (Wildman–Crippen LogP) is 2.44. The minimum absolute atomic E-state index is 0.124. The van der Waals surface area contributed by atoms with Gasteiger partial charge >= 0.3 is 0 Å². The maximum Gasteiger partial charge on any atom is 0.268 e. The summed E-state index contributed by atoms with van der Waals surface area (Å²) in [7, 11) is 3.12. The minimum Gasteiger partial charge on any atom is -0.497 e. The van der Waals surface area contributed by atoms with Crippen LogP contribution in [0.3, 0.4) is 0 Å². The molecule has 0 fully saturated rings. The summed E-state index contributed by atoms with van der Waals surface area (Å²) in [6.07, 6.45) is 0. The van der Waals surface area contributed by atoms with E-state index in [9.17, 15) is 9.59 Å². The maximum absolute atomic E-state index is 12.4. The van der Waals surface area contributed by atoms with Gasteiger partial charge in [-0.1, -0.05) is 0 Å². The number of anilines is 1. The lowest BCUT2D eigenvalue weighted by Crippen LogP contribution is -2.18. The zero-order valence-corrected chi connectivity index (χ0v) is 16.3. The third-order valence-electron chi connectivity index (χ3n) is 3.77. The Bertz CT molecular complexity index is 998. The highest BCUT2D eigenvalue weighted by atomic mass is 32.1. The molecule has 0 atom stereocenters. The van der Waals surface area contributed by atoms with Gasteiger partial charge in [0, 0.05) is 17.9 Å². The number of thiophene rings is 1. The molecule has 0 bridgehead atoms. The van der Waals surface area contributed by atoms with Gasteiger partial charge in [-0.15, -0.1) is 16.4 Å². The second-order valence-electron chi connectivity index (χ2n) is 5.70. The second kappa shape index (κ2) is 8.53. The Hall–Kier alpha value is -3.40. The van der Waals surface area contributed by atoms with E-state index in [1.807, 2.05) is 0 Å². The Morgan fingerprint density at radius 2 is 2.00 bits per heavy atom. The SMILES string of the molecule is COc1ccc(-c2nc(NC(=O)c3ccc(CNC(C)=O)s3)n[nH]2)c(OC)c1. The van der Waals surface area contributed by atoms with E-state index in [0.717, 1.165) is 4.88 Å². The first kappa shape index (κ1) is 19.4. The highest BCUT2D eigenvalue weighted by Gasteiger charge is 2.15. The fraction of sp³-hybridized carbons (Fsp3) is 0.222. The zero-order chi connectivity index (χ0) is 20.1. The average molecular weight is 401 g/mol. The van der Waals surface area contributed by atoms with Crippen molar-refractivity contribution in [3.8, 4) is 22.9 Å². The molecule has 2 amide bonds. The van der Waals surface area contributed by atoms with Crippen molar-refractivity contribution in [3.05, 3.63) is 40.1 Å². The molecule has 2 heterocycles. The van der Waals surface area contributed by atoms with E-state index in [4.69, 9.17) is 9.47 Å². The van der Waals surface area contributed by atoms with Crippen LogP contribution in [0.2, 0.25) is 0 Å². The van der Waals surface area contributed by atoms with Crippen LogP contribution in [0.1, 0.15) is 21.5 Å². The molecule has 146 valence electrons. The molecule has 28 heavy (non-hydrogen) atoms. The van der Waals surface area contributed by atoms with Crippen molar-refractivity contribution in [2.24, 2.45) is 0 Å². The third kappa shape index (κ3) is 4.46. The van der Waals surface area contributed by atoms with Crippen LogP contribution in [0.25, 0.3) is 11.4 Å². The lowest BCUT2D eigenvalue weighted by molar-refractivity contribution is -0.119. The lowest BCUT2D eigenvalue weighted by Gasteiger charge is -2.07. The van der Waals surface area contributed by atoms with E-state index in [-0.39, 0.29) is 17.8 Å². The number of benzene rings is 1. The molecule has 0 saturated carbocycles. The monoisotopic (exact) mass is 401 g/mol. The number of H-pyrrole nitrogens is 1. The number of rotatable bonds is 7. The van der Waals surface area contributed by atoms with Crippen molar-refractivity contribution in [2.75, 3.05) is 19.5 Å². The van der Waals surface area contributed by atoms with Gasteiger partial charge in [0.2, 0.25) is 11.9 Å². The molecule has 0 aliphatic heterocycles. The molecule has 0 aliphatic carbocycles. The smallest absolute Gasteiger partial charge is 0.268 e. The van der Waals surface area contributed by atoms with Crippen molar-refractivity contribution in [1.82, 2.24) is 20.5 Å². The lowest BCUT2D eigenvalue weighted by atomic mass is 10.2. The summed E-state index contributed by atoms with van der Waals surface area (Å²) in [5, 5.41) is 12.2. The van der Waals surface area contributed by atoms with E-state index >= 15 is 0 Å². The van der Waals surface area contributed by atoms with Gasteiger partial charge in [-0.2, -0.15) is 4.98 Å². The molecule has 0 unspecified atom stereocenters. The first-order valence-electron chi connectivity index (χ1n) is 8.29. The summed E-state index contributed by atoms with van der Waals surface area (Å²) in [6, 6.07) is 8.79. The highest BCUT2D eigenvalue weighted by molar-refractivity contribution is 7.14. The summed E-state index contributed by atoms with van der Waals surface area (Å²) in [5.74, 6) is 1.37. The first-order chi connectivity index (χ1) is 13.5. The van der Waals surface area contributed by atoms with Gasteiger partial charge in [0.1, 0.15) is 11.5 Å². The van der Waals surface area contributed by atoms with Gasteiger partial charge < -0.3 is 14.8 Å². The fourth-order valence-corrected chi connectivity index (χ4v) is 3.24. The quantitative estimate of drug-likeness (QED) is 0.560. The van der Waals surface area contributed by atoms with E-state index in [0.29, 0.717) is 34.3 Å². The summed E-state index contributed by atoms with van der Waals surface area (Å²) in [5.41, 5.74) is 0.685. The number of nitrogens with zero attached hydrogens (tertiary/aromatic N) is 2. The van der Waals surface area contributed by atoms with Gasteiger partial charge in [-0.3, -0.25) is 20.0 Å². The van der Waals surface area contributed by atoms with Crippen LogP contribution in [-0.2, 0) is 11.3 Å². The number of ether oxygens (including phenoxy) is 2. The topological polar surface area (TPSA) is 118 Å². The normalized spacial score (nSPS) is 10.4. The van der Waals surface area contributed by atoms with Gasteiger partial charge in [-0.25, -0.2) is 0 Å². The van der Waals surface area contributed by atoms with Crippen LogP contribution in [0.4, 0.5) is 5.95 Å². The fourth-order valence-electron chi connectivity index (χ4n) is 2.40. The van der Waals surface area contributed by atoms with E-state index < -0.39 is 0 Å². The summed E-state index contributed by atoms with van der Waals surface area (Å²) < 4.78 is 10.5. The molecule has 0 spiro atoms. The Kier molecular flexibility index (Phi) is 5.90. The molecule has 0 aliphatic rings. The molecule has 10 heteroatoms. The average Bonchev–Trinajstić information content (AvgIpc) is 3.35. The van der Waals surface area contributed by atoms with Gasteiger partial charge in [0.05, 0.1) is 31.2 Å². The van der Waals surface area contributed by atoms with Gasteiger partial charge in [0.25, 0.3) is 5.91 Å². The molecule has 2 aromatic heterocycles. The Morgan fingerprint density at radius 1 is 1.18 bits per heavy atom. The van der Waals surface area contributed by atoms with Crippen LogP contribution < -0.4 is 20.1 Å². The molecule has 3 N–H and O–H groups in total. The number of carbonyl (C=O) groups excluding carboxylic acids is 2. The molecule has 0 radical (unpaired) electrons. The maximum atomic E-state index is 12.4. The second-order valence-corrected chi connectivity index (χ2v) is 6.87. The van der Waals surface area contributed by atoms with Crippen molar-refractivity contribution >= 4 is 29.1 Å². The van der Waals surface area contributed by atoms with Crippen molar-refractivity contribution in [1.29, 1.82) is 0 Å². The number of aromatic amines is 1. The number of amides is 2. The number of aromatic nitrogens is 3. The number of hydrogen-bond donors (Lipinski definition) is 3. The van der Waals surface area contributed by atoms with Crippen molar-refractivity contribution in [3.63, 3.8) is 0 Å². The Labute approximate surface area is 165 Å². The molecule has 3 rings (SSSR count). The van der Waals surface area contributed by atoms with E-state index in [1.165, 1.54) is 18.3 Å². The Balaban J connectivity index is 1.71. The van der Waals surface area contributed by atoms with Crippen LogP contribution >= 0.6 is 11.3 Å². The molecular weight excluding hydrogens is 382 g/mol. The molecule has 3 aromatic rings. The summed E-state index contributed by atoms with van der Waals surface area (Å²) >= 11 is 1.29. The zero-order valence-electron chi connectivity index (χ0n) is 15.5. The van der Waals surface area contributed by atoms with Crippen LogP contribution in [0, 0.1) is 0 Å². The molecule has 1 aromatic carbocycles. The molecular formula is C18H19N5O4S. The van der Waals surface area contributed by atoms with Crippen molar-refractivity contribution < 1.29 is 19.1 Å². The standard InChI is InChI=1S/C18H19N5O4S/c1-10(24)19-9-12-5-7-15(28-12)17(25)21-18-20-16(22-23-18)13-6-4-11(26-2)8-14(13)27-3/h4-8H,9H2,1-3H3,(H,19,24)(H2,20,21,22,23,25). The number of methoxy groups -OCH3 is 2. The van der Waals surface area contributed by atoms with Crippen LogP contribution in [-0.4, -0.2) is 41.2 Å². The third-order valence-corrected chi connectivity index (χ3v) is 4.86. The molecule has 0 saturated heterocycles. The number of hydrogen-bond acceptors (Lipinski definition) is 7. The molecule has 9 nitrogen and oxygen atoms in total. The van der Waals surface area contributed by atoms with Gasteiger partial charge in [0.15, 0.2) is 5.82 Å². The van der Waals surface area contributed by atoms with Gasteiger partial charge in [-0.05, 0) is 24.3 Å².